The molecule has 1 aromatic heterocycles. The van der Waals surface area contributed by atoms with E-state index in [1.165, 1.54) is 6.92 Å². The van der Waals surface area contributed by atoms with E-state index in [2.05, 4.69) is 5.32 Å². The molecule has 1 amide bonds. The van der Waals surface area contributed by atoms with Gasteiger partial charge in [-0.1, -0.05) is 0 Å². The van der Waals surface area contributed by atoms with E-state index >= 15 is 0 Å². The lowest BCUT2D eigenvalue weighted by molar-refractivity contribution is 0.0523. The summed E-state index contributed by atoms with van der Waals surface area (Å²) >= 11 is 0. The Hall–Kier alpha value is -3.89. The first-order valence-electron chi connectivity index (χ1n) is 10.0. The van der Waals surface area contributed by atoms with E-state index in [1.54, 1.807) is 20.8 Å². The standard InChI is InChI=1S/C23H20F4N2O5/c1-5-33-21(31)12-10-29(18-8-14(25)13(24)6-11(18)20(12)30)19-9-17(15(26)7-16(19)27)28-22(32)34-23(2,3)4/h6-10H,5H2,1-4H3,(H,28,32). The number of benzene rings is 2. The SMILES string of the molecule is CCOC(=O)c1cn(-c2cc(NC(=O)OC(C)(C)C)c(F)cc2F)c2cc(F)c(F)cc2c1=O. The number of fused-ring (bicyclic) bond motifs is 1. The number of nitrogens with zero attached hydrogens (tertiary/aromatic N) is 1. The van der Waals surface area contributed by atoms with Crippen molar-refractivity contribution in [3.05, 3.63) is 69.5 Å². The Kier molecular flexibility index (Phi) is 6.67. The number of amides is 1. The van der Waals surface area contributed by atoms with Gasteiger partial charge in [-0.15, -0.1) is 0 Å². The van der Waals surface area contributed by atoms with Crippen LogP contribution in [0.2, 0.25) is 0 Å². The molecule has 3 rings (SSSR count). The lowest BCUT2D eigenvalue weighted by atomic mass is 10.1. The van der Waals surface area contributed by atoms with Gasteiger partial charge in [0.2, 0.25) is 5.43 Å². The second-order valence-electron chi connectivity index (χ2n) is 8.16. The lowest BCUT2D eigenvalue weighted by Gasteiger charge is -2.20. The van der Waals surface area contributed by atoms with Crippen LogP contribution in [0.4, 0.5) is 28.0 Å². The van der Waals surface area contributed by atoms with Crippen molar-refractivity contribution in [1.29, 1.82) is 0 Å². The van der Waals surface area contributed by atoms with Crippen molar-refractivity contribution in [1.82, 2.24) is 4.57 Å². The van der Waals surface area contributed by atoms with Crippen LogP contribution < -0.4 is 10.7 Å². The highest BCUT2D eigenvalue weighted by Crippen LogP contribution is 2.27. The molecule has 0 aliphatic carbocycles. The van der Waals surface area contributed by atoms with Gasteiger partial charge in [0.05, 0.1) is 28.9 Å². The van der Waals surface area contributed by atoms with Crippen molar-refractivity contribution < 1.29 is 36.6 Å². The summed E-state index contributed by atoms with van der Waals surface area (Å²) in [5.74, 6) is -6.14. The third-order valence-electron chi connectivity index (χ3n) is 4.47. The summed E-state index contributed by atoms with van der Waals surface area (Å²) in [4.78, 5) is 37.1. The Labute approximate surface area is 190 Å². The van der Waals surface area contributed by atoms with Gasteiger partial charge < -0.3 is 14.0 Å². The largest absolute Gasteiger partial charge is 0.462 e. The van der Waals surface area contributed by atoms with Crippen molar-refractivity contribution in [2.75, 3.05) is 11.9 Å². The van der Waals surface area contributed by atoms with Crippen LogP contribution in [-0.2, 0) is 9.47 Å². The van der Waals surface area contributed by atoms with Crippen LogP contribution in [0.1, 0.15) is 38.1 Å². The molecule has 1 heterocycles. The number of esters is 1. The molecular formula is C23H20F4N2O5. The zero-order valence-corrected chi connectivity index (χ0v) is 18.6. The number of hydrogen-bond donors (Lipinski definition) is 1. The van der Waals surface area contributed by atoms with E-state index in [-0.39, 0.29) is 12.1 Å². The first kappa shape index (κ1) is 24.7. The van der Waals surface area contributed by atoms with Crippen LogP contribution in [0.5, 0.6) is 0 Å². The molecule has 0 saturated carbocycles. The van der Waals surface area contributed by atoms with Gasteiger partial charge in [-0.25, -0.2) is 27.2 Å². The van der Waals surface area contributed by atoms with Gasteiger partial charge in [-0.3, -0.25) is 10.1 Å². The minimum Gasteiger partial charge on any atom is -0.462 e. The Morgan fingerprint density at radius 2 is 1.62 bits per heavy atom. The highest BCUT2D eigenvalue weighted by Gasteiger charge is 2.23. The van der Waals surface area contributed by atoms with Gasteiger partial charge in [0, 0.05) is 18.3 Å². The Morgan fingerprint density at radius 3 is 2.24 bits per heavy atom. The fraction of sp³-hybridized carbons (Fsp3) is 0.261. The molecule has 0 aliphatic rings. The number of hydrogen-bond acceptors (Lipinski definition) is 5. The van der Waals surface area contributed by atoms with Crippen molar-refractivity contribution in [3.63, 3.8) is 0 Å². The van der Waals surface area contributed by atoms with Gasteiger partial charge in [-0.2, -0.15) is 0 Å². The number of pyridine rings is 1. The minimum atomic E-state index is -1.37. The molecule has 0 aliphatic heterocycles. The molecule has 1 N–H and O–H groups in total. The molecule has 180 valence electrons. The Morgan fingerprint density at radius 1 is 0.971 bits per heavy atom. The van der Waals surface area contributed by atoms with Crippen LogP contribution in [0.25, 0.3) is 16.6 Å². The number of nitrogens with one attached hydrogen (secondary N) is 1. The van der Waals surface area contributed by atoms with Gasteiger partial charge in [0.1, 0.15) is 22.8 Å². The number of ether oxygens (including phenoxy) is 2. The van der Waals surface area contributed by atoms with E-state index in [0.29, 0.717) is 18.2 Å². The molecule has 0 unspecified atom stereocenters. The molecule has 0 fully saturated rings. The molecular weight excluding hydrogens is 460 g/mol. The number of anilines is 1. The summed E-state index contributed by atoms with van der Waals surface area (Å²) in [6, 6.07) is 2.49. The average Bonchev–Trinajstić information content (AvgIpc) is 2.71. The van der Waals surface area contributed by atoms with Crippen molar-refractivity contribution >= 4 is 28.7 Å². The van der Waals surface area contributed by atoms with E-state index < -0.39 is 68.7 Å². The maximum absolute atomic E-state index is 14.8. The number of aromatic nitrogens is 1. The van der Waals surface area contributed by atoms with Crippen molar-refractivity contribution in [2.24, 2.45) is 0 Å². The predicted molar refractivity (Wildman–Crippen MR) is 115 cm³/mol. The summed E-state index contributed by atoms with van der Waals surface area (Å²) in [6.45, 7) is 6.13. The predicted octanol–water partition coefficient (Wildman–Crippen LogP) is 5.07. The summed E-state index contributed by atoms with van der Waals surface area (Å²) in [7, 11) is 0. The molecule has 11 heteroatoms. The van der Waals surface area contributed by atoms with Gasteiger partial charge >= 0.3 is 12.1 Å². The van der Waals surface area contributed by atoms with Crippen LogP contribution in [0.15, 0.2) is 35.3 Å². The van der Waals surface area contributed by atoms with E-state index in [4.69, 9.17) is 9.47 Å². The van der Waals surface area contributed by atoms with Gasteiger partial charge in [0.25, 0.3) is 0 Å². The van der Waals surface area contributed by atoms with Gasteiger partial charge in [-0.05, 0) is 39.8 Å². The zero-order valence-electron chi connectivity index (χ0n) is 18.6. The van der Waals surface area contributed by atoms with E-state index in [0.717, 1.165) is 16.8 Å². The second-order valence-corrected chi connectivity index (χ2v) is 8.16. The molecule has 0 atom stereocenters. The first-order chi connectivity index (χ1) is 15.8. The van der Waals surface area contributed by atoms with Crippen LogP contribution in [0.3, 0.4) is 0 Å². The zero-order chi connectivity index (χ0) is 25.4. The van der Waals surface area contributed by atoms with Gasteiger partial charge in [0.15, 0.2) is 11.6 Å². The summed E-state index contributed by atoms with van der Waals surface area (Å²) < 4.78 is 67.9. The average molecular weight is 480 g/mol. The minimum absolute atomic E-state index is 0.0943. The maximum Gasteiger partial charge on any atom is 0.412 e. The maximum atomic E-state index is 14.8. The third-order valence-corrected chi connectivity index (χ3v) is 4.47. The summed E-state index contributed by atoms with van der Waals surface area (Å²) in [5, 5.41) is 1.69. The quantitative estimate of drug-likeness (QED) is 0.416. The smallest absolute Gasteiger partial charge is 0.412 e. The fourth-order valence-corrected chi connectivity index (χ4v) is 3.10. The monoisotopic (exact) mass is 480 g/mol. The summed E-state index contributed by atoms with van der Waals surface area (Å²) in [5.41, 5.74) is -3.77. The molecule has 34 heavy (non-hydrogen) atoms. The van der Waals surface area contributed by atoms with E-state index in [9.17, 15) is 31.9 Å². The Bertz CT molecular complexity index is 1360. The lowest BCUT2D eigenvalue weighted by Crippen LogP contribution is -2.27. The fourth-order valence-electron chi connectivity index (χ4n) is 3.10. The molecule has 0 saturated heterocycles. The highest BCUT2D eigenvalue weighted by atomic mass is 19.2. The van der Waals surface area contributed by atoms with Crippen LogP contribution in [0, 0.1) is 23.3 Å². The third kappa shape index (κ3) is 5.03. The summed E-state index contributed by atoms with van der Waals surface area (Å²) in [6.07, 6.45) is -0.165. The van der Waals surface area contributed by atoms with E-state index in [1.807, 2.05) is 0 Å². The molecule has 0 radical (unpaired) electrons. The van der Waals surface area contributed by atoms with Crippen molar-refractivity contribution in [2.45, 2.75) is 33.3 Å². The first-order valence-corrected chi connectivity index (χ1v) is 10.0. The normalized spacial score (nSPS) is 11.4. The molecule has 7 nitrogen and oxygen atoms in total. The van der Waals surface area contributed by atoms with Crippen LogP contribution >= 0.6 is 0 Å². The topological polar surface area (TPSA) is 86.6 Å². The molecule has 0 spiro atoms. The molecule has 2 aromatic carbocycles. The molecule has 0 bridgehead atoms. The number of halogens is 4. The highest BCUT2D eigenvalue weighted by molar-refractivity contribution is 5.94. The van der Waals surface area contributed by atoms with Crippen molar-refractivity contribution in [3.8, 4) is 5.69 Å². The number of rotatable bonds is 4. The second kappa shape index (κ2) is 9.16. The van der Waals surface area contributed by atoms with Crippen LogP contribution in [-0.4, -0.2) is 28.8 Å². The number of carbonyl (C=O) groups is 2. The molecule has 3 aromatic rings. The number of carbonyl (C=O) groups excluding carboxylic acids is 2. The Balaban J connectivity index is 2.27.